The number of benzene rings is 1. The molecule has 2 nitrogen and oxygen atoms in total. The van der Waals surface area contributed by atoms with Crippen LogP contribution < -0.4 is 10.1 Å². The number of hydrogen-bond donors (Lipinski definition) is 1. The third-order valence-corrected chi connectivity index (χ3v) is 4.06. The van der Waals surface area contributed by atoms with E-state index in [1.807, 2.05) is 0 Å². The Hall–Kier alpha value is -1.02. The van der Waals surface area contributed by atoms with Crippen LogP contribution in [0.5, 0.6) is 5.75 Å². The van der Waals surface area contributed by atoms with E-state index in [-0.39, 0.29) is 6.10 Å². The molecule has 2 unspecified atom stereocenters. The average molecular weight is 275 g/mol. The predicted molar refractivity (Wildman–Crippen MR) is 85.4 cm³/mol. The van der Waals surface area contributed by atoms with E-state index in [0.29, 0.717) is 5.92 Å². The molecule has 1 aliphatic rings. The van der Waals surface area contributed by atoms with Gasteiger partial charge in [-0.05, 0) is 69.2 Å². The molecule has 1 aromatic carbocycles. The second kappa shape index (κ2) is 7.12. The molecule has 0 radical (unpaired) electrons. The Bertz CT molecular complexity index is 414. The van der Waals surface area contributed by atoms with Gasteiger partial charge in [0.05, 0.1) is 6.10 Å². The molecule has 1 N–H and O–H groups in total. The van der Waals surface area contributed by atoms with Crippen LogP contribution in [0.25, 0.3) is 0 Å². The molecule has 0 aliphatic heterocycles. The summed E-state index contributed by atoms with van der Waals surface area (Å²) in [7, 11) is 0. The highest BCUT2D eigenvalue weighted by atomic mass is 16.5. The second-order valence-electron chi connectivity index (χ2n) is 6.70. The second-order valence-corrected chi connectivity index (χ2v) is 6.70. The van der Waals surface area contributed by atoms with Crippen molar-refractivity contribution in [3.63, 3.8) is 0 Å². The summed E-state index contributed by atoms with van der Waals surface area (Å²) in [5.41, 5.74) is 1.41. The largest absolute Gasteiger partial charge is 0.491 e. The van der Waals surface area contributed by atoms with Crippen LogP contribution in [0.4, 0.5) is 0 Å². The highest BCUT2D eigenvalue weighted by Crippen LogP contribution is 2.45. The number of hydrogen-bond acceptors (Lipinski definition) is 2. The normalized spacial score (nSPS) is 22.1. The molecule has 1 fully saturated rings. The van der Waals surface area contributed by atoms with Crippen molar-refractivity contribution in [2.24, 2.45) is 11.8 Å². The van der Waals surface area contributed by atoms with Gasteiger partial charge in [0.25, 0.3) is 0 Å². The Labute approximate surface area is 123 Å². The van der Waals surface area contributed by atoms with Crippen molar-refractivity contribution in [2.75, 3.05) is 13.1 Å². The van der Waals surface area contributed by atoms with Crippen molar-refractivity contribution in [1.82, 2.24) is 5.32 Å². The molecular weight excluding hydrogens is 246 g/mol. The van der Waals surface area contributed by atoms with Gasteiger partial charge in [-0.15, -0.1) is 0 Å². The highest BCUT2D eigenvalue weighted by Gasteiger charge is 2.33. The number of nitrogens with one attached hydrogen (secondary N) is 1. The first-order valence-corrected chi connectivity index (χ1v) is 8.04. The lowest BCUT2D eigenvalue weighted by molar-refractivity contribution is 0.213. The summed E-state index contributed by atoms with van der Waals surface area (Å²) in [5, 5.41) is 3.61. The fraction of sp³-hybridized carbons (Fsp3) is 0.667. The molecule has 1 aliphatic carbocycles. The zero-order chi connectivity index (χ0) is 14.5. The van der Waals surface area contributed by atoms with Crippen LogP contribution in [0.1, 0.15) is 52.0 Å². The third kappa shape index (κ3) is 3.99. The molecule has 0 heterocycles. The molecule has 0 amide bonds. The highest BCUT2D eigenvalue weighted by molar-refractivity contribution is 5.38. The van der Waals surface area contributed by atoms with Crippen LogP contribution in [-0.4, -0.2) is 19.2 Å². The quantitative estimate of drug-likeness (QED) is 0.804. The Morgan fingerprint density at radius 3 is 2.50 bits per heavy atom. The summed E-state index contributed by atoms with van der Waals surface area (Å²) in [4.78, 5) is 0. The predicted octanol–water partition coefficient (Wildman–Crippen LogP) is 4.21. The zero-order valence-corrected chi connectivity index (χ0v) is 13.4. The molecular formula is C18H29NO. The minimum Gasteiger partial charge on any atom is -0.491 e. The van der Waals surface area contributed by atoms with E-state index in [2.05, 4.69) is 57.3 Å². The smallest absolute Gasteiger partial charge is 0.123 e. The van der Waals surface area contributed by atoms with E-state index in [0.717, 1.165) is 30.7 Å². The first-order valence-electron chi connectivity index (χ1n) is 8.04. The van der Waals surface area contributed by atoms with E-state index < -0.39 is 0 Å². The van der Waals surface area contributed by atoms with E-state index in [1.165, 1.54) is 18.4 Å². The maximum absolute atomic E-state index is 5.97. The summed E-state index contributed by atoms with van der Waals surface area (Å²) >= 11 is 0. The summed E-state index contributed by atoms with van der Waals surface area (Å²) < 4.78 is 5.97. The standard InChI is InChI=1S/C18H29NO/c1-13(2)11-19-12-15-9-10-16(15)17-7-5-6-8-18(17)20-14(3)4/h5-8,13-16,19H,9-12H2,1-4H3. The van der Waals surface area contributed by atoms with Gasteiger partial charge in [0.2, 0.25) is 0 Å². The molecule has 2 atom stereocenters. The SMILES string of the molecule is CC(C)CNCC1CCC1c1ccccc1OC(C)C. The summed E-state index contributed by atoms with van der Waals surface area (Å²) in [6, 6.07) is 8.58. The monoisotopic (exact) mass is 275 g/mol. The molecule has 2 rings (SSSR count). The van der Waals surface area contributed by atoms with Gasteiger partial charge in [-0.3, -0.25) is 0 Å². The fourth-order valence-corrected chi connectivity index (χ4v) is 2.93. The molecule has 112 valence electrons. The topological polar surface area (TPSA) is 21.3 Å². The minimum absolute atomic E-state index is 0.244. The van der Waals surface area contributed by atoms with Gasteiger partial charge >= 0.3 is 0 Å². The molecule has 0 aromatic heterocycles. The Morgan fingerprint density at radius 1 is 1.15 bits per heavy atom. The van der Waals surface area contributed by atoms with E-state index >= 15 is 0 Å². The van der Waals surface area contributed by atoms with E-state index in [4.69, 9.17) is 4.74 Å². The van der Waals surface area contributed by atoms with Gasteiger partial charge in [-0.25, -0.2) is 0 Å². The molecule has 1 saturated carbocycles. The van der Waals surface area contributed by atoms with Crippen molar-refractivity contribution in [3.8, 4) is 5.75 Å². The molecule has 2 heteroatoms. The maximum atomic E-state index is 5.97. The van der Waals surface area contributed by atoms with Crippen molar-refractivity contribution in [3.05, 3.63) is 29.8 Å². The molecule has 1 aromatic rings. The van der Waals surface area contributed by atoms with Gasteiger partial charge in [0, 0.05) is 0 Å². The number of para-hydroxylation sites is 1. The van der Waals surface area contributed by atoms with Gasteiger partial charge in [0.1, 0.15) is 5.75 Å². The lowest BCUT2D eigenvalue weighted by Crippen LogP contribution is -2.35. The Balaban J connectivity index is 1.97. The summed E-state index contributed by atoms with van der Waals surface area (Å²) in [6.07, 6.45) is 2.88. The Morgan fingerprint density at radius 2 is 1.90 bits per heavy atom. The van der Waals surface area contributed by atoms with E-state index in [9.17, 15) is 0 Å². The molecule has 0 saturated heterocycles. The van der Waals surface area contributed by atoms with Crippen molar-refractivity contribution in [2.45, 2.75) is 52.6 Å². The average Bonchev–Trinajstić information content (AvgIpc) is 2.34. The van der Waals surface area contributed by atoms with Crippen LogP contribution in [0.2, 0.25) is 0 Å². The fourth-order valence-electron chi connectivity index (χ4n) is 2.93. The summed E-state index contributed by atoms with van der Waals surface area (Å²) in [6.45, 7) is 11.0. The van der Waals surface area contributed by atoms with Crippen LogP contribution >= 0.6 is 0 Å². The van der Waals surface area contributed by atoms with Crippen molar-refractivity contribution >= 4 is 0 Å². The van der Waals surface area contributed by atoms with Gasteiger partial charge < -0.3 is 10.1 Å². The third-order valence-electron chi connectivity index (χ3n) is 4.06. The van der Waals surface area contributed by atoms with Crippen LogP contribution in [-0.2, 0) is 0 Å². The van der Waals surface area contributed by atoms with Gasteiger partial charge in [-0.1, -0.05) is 32.0 Å². The van der Waals surface area contributed by atoms with Gasteiger partial charge in [0.15, 0.2) is 0 Å². The number of rotatable bonds is 7. The zero-order valence-electron chi connectivity index (χ0n) is 13.4. The lowest BCUT2D eigenvalue weighted by Gasteiger charge is -2.38. The van der Waals surface area contributed by atoms with Crippen LogP contribution in [0.15, 0.2) is 24.3 Å². The van der Waals surface area contributed by atoms with E-state index in [1.54, 1.807) is 0 Å². The van der Waals surface area contributed by atoms with Crippen molar-refractivity contribution < 1.29 is 4.74 Å². The van der Waals surface area contributed by atoms with Gasteiger partial charge in [-0.2, -0.15) is 0 Å². The van der Waals surface area contributed by atoms with Crippen LogP contribution in [0.3, 0.4) is 0 Å². The van der Waals surface area contributed by atoms with Crippen molar-refractivity contribution in [1.29, 1.82) is 0 Å². The molecule has 20 heavy (non-hydrogen) atoms. The summed E-state index contributed by atoms with van der Waals surface area (Å²) in [5.74, 6) is 3.25. The Kier molecular flexibility index (Phi) is 5.47. The molecule has 0 spiro atoms. The van der Waals surface area contributed by atoms with Crippen LogP contribution in [0, 0.1) is 11.8 Å². The first-order chi connectivity index (χ1) is 9.58. The first kappa shape index (κ1) is 15.4. The number of ether oxygens (including phenoxy) is 1. The maximum Gasteiger partial charge on any atom is 0.123 e. The molecule has 0 bridgehead atoms. The lowest BCUT2D eigenvalue weighted by atomic mass is 9.69. The minimum atomic E-state index is 0.244.